The van der Waals surface area contributed by atoms with Crippen molar-refractivity contribution in [2.24, 2.45) is 7.05 Å². The molecule has 0 unspecified atom stereocenters. The molecule has 0 saturated carbocycles. The summed E-state index contributed by atoms with van der Waals surface area (Å²) in [4.78, 5) is 22.8. The molecule has 1 heterocycles. The first-order valence-electron chi connectivity index (χ1n) is 10.9. The van der Waals surface area contributed by atoms with Gasteiger partial charge in [-0.1, -0.05) is 66.7 Å². The first kappa shape index (κ1) is 25.8. The van der Waals surface area contributed by atoms with Crippen LogP contribution in [0.1, 0.15) is 5.56 Å². The topological polar surface area (TPSA) is 123 Å². The summed E-state index contributed by atoms with van der Waals surface area (Å²) < 4.78 is 13.0. The summed E-state index contributed by atoms with van der Waals surface area (Å²) in [5.41, 5.74) is 5.59. The molecule has 4 rings (SSSR count). The van der Waals surface area contributed by atoms with Crippen molar-refractivity contribution in [3.8, 4) is 33.9 Å². The van der Waals surface area contributed by atoms with Crippen molar-refractivity contribution in [1.82, 2.24) is 9.55 Å². The number of nitrogens with zero attached hydrogens (tertiary/aromatic N) is 2. The fourth-order valence-corrected chi connectivity index (χ4v) is 3.57. The van der Waals surface area contributed by atoms with Crippen LogP contribution < -0.4 is 14.8 Å². The Hall–Kier alpha value is -4.79. The van der Waals surface area contributed by atoms with E-state index in [1.165, 1.54) is 11.1 Å². The minimum Gasteiger partial charge on any atom is -0.493 e. The van der Waals surface area contributed by atoms with Crippen LogP contribution in [-0.2, 0) is 23.2 Å². The lowest BCUT2D eigenvalue weighted by Crippen LogP contribution is -2.09. The van der Waals surface area contributed by atoms with E-state index in [2.05, 4.69) is 63.4 Å². The zero-order valence-electron chi connectivity index (χ0n) is 20.1. The Morgan fingerprint density at radius 1 is 0.833 bits per heavy atom. The molecule has 0 radical (unpaired) electrons. The molecule has 1 aromatic heterocycles. The number of aromatic nitrogens is 2. The molecule has 0 fully saturated rings. The predicted octanol–water partition coefficient (Wildman–Crippen LogP) is 4.54. The Morgan fingerprint density at radius 2 is 1.44 bits per heavy atom. The number of aliphatic carboxylic acids is 2. The second kappa shape index (κ2) is 12.1. The van der Waals surface area contributed by atoms with Crippen LogP contribution in [0.15, 0.2) is 79.0 Å². The van der Waals surface area contributed by atoms with Gasteiger partial charge in [0, 0.05) is 19.2 Å². The Bertz CT molecular complexity index is 1310. The number of para-hydroxylation sites is 1. The fourth-order valence-electron chi connectivity index (χ4n) is 3.57. The normalized spacial score (nSPS) is 10.1. The van der Waals surface area contributed by atoms with Crippen LogP contribution >= 0.6 is 0 Å². The minimum absolute atomic E-state index is 0.581. The number of carboxylic acids is 2. The number of benzene rings is 3. The molecule has 9 heteroatoms. The standard InChI is InChI=1S/C25H25N3O2.C2H2O4/c1-28-22(20-14-12-19(13-15-20)18-8-5-4-6-9-18)17-27-25(28)26-16-21-10-7-11-23(29-2)24(21)30-3;3-1(4)2(5)6/h4-15,17H,16H2,1-3H3,(H,26,27);(H,3,4)(H,5,6). The van der Waals surface area contributed by atoms with Gasteiger partial charge >= 0.3 is 11.9 Å². The number of anilines is 1. The molecule has 0 saturated heterocycles. The lowest BCUT2D eigenvalue weighted by Gasteiger charge is -2.14. The summed E-state index contributed by atoms with van der Waals surface area (Å²) >= 11 is 0. The average Bonchev–Trinajstić information content (AvgIpc) is 3.27. The summed E-state index contributed by atoms with van der Waals surface area (Å²) in [6.45, 7) is 0.581. The molecule has 0 aliphatic rings. The highest BCUT2D eigenvalue weighted by Gasteiger charge is 2.12. The maximum atomic E-state index is 9.10. The van der Waals surface area contributed by atoms with Crippen LogP contribution in [0.2, 0.25) is 0 Å². The maximum Gasteiger partial charge on any atom is 0.414 e. The molecule has 36 heavy (non-hydrogen) atoms. The smallest absolute Gasteiger partial charge is 0.414 e. The number of nitrogens with one attached hydrogen (secondary N) is 1. The number of ether oxygens (including phenoxy) is 2. The van der Waals surface area contributed by atoms with Gasteiger partial charge < -0.3 is 29.6 Å². The van der Waals surface area contributed by atoms with Crippen molar-refractivity contribution in [3.63, 3.8) is 0 Å². The second-order valence-electron chi connectivity index (χ2n) is 7.59. The van der Waals surface area contributed by atoms with Gasteiger partial charge in [-0.25, -0.2) is 14.6 Å². The Labute approximate surface area is 208 Å². The highest BCUT2D eigenvalue weighted by atomic mass is 16.5. The molecule has 3 aromatic carbocycles. The molecule has 0 atom stereocenters. The van der Waals surface area contributed by atoms with E-state index in [0.29, 0.717) is 6.54 Å². The third-order valence-corrected chi connectivity index (χ3v) is 5.38. The summed E-state index contributed by atoms with van der Waals surface area (Å²) in [5, 5.41) is 18.2. The van der Waals surface area contributed by atoms with Crippen molar-refractivity contribution < 1.29 is 29.3 Å². The largest absolute Gasteiger partial charge is 0.493 e. The molecule has 186 valence electrons. The number of imidazole rings is 1. The van der Waals surface area contributed by atoms with E-state index in [9.17, 15) is 0 Å². The van der Waals surface area contributed by atoms with Crippen molar-refractivity contribution in [2.75, 3.05) is 19.5 Å². The summed E-state index contributed by atoms with van der Waals surface area (Å²) in [6, 6.07) is 24.8. The number of hydrogen-bond donors (Lipinski definition) is 3. The SMILES string of the molecule is COc1cccc(CNc2ncc(-c3ccc(-c4ccccc4)cc3)n2C)c1OC.O=C(O)C(=O)O. The average molecular weight is 490 g/mol. The van der Waals surface area contributed by atoms with Gasteiger partial charge in [0.25, 0.3) is 0 Å². The molecule has 9 nitrogen and oxygen atoms in total. The van der Waals surface area contributed by atoms with Gasteiger partial charge in [-0.15, -0.1) is 0 Å². The molecule has 0 spiro atoms. The van der Waals surface area contributed by atoms with Gasteiger partial charge in [0.05, 0.1) is 26.1 Å². The monoisotopic (exact) mass is 489 g/mol. The summed E-state index contributed by atoms with van der Waals surface area (Å²) in [7, 11) is 5.31. The van der Waals surface area contributed by atoms with Crippen molar-refractivity contribution in [3.05, 3.63) is 84.6 Å². The van der Waals surface area contributed by atoms with Gasteiger partial charge in [0.1, 0.15) is 0 Å². The Kier molecular flexibility index (Phi) is 8.66. The lowest BCUT2D eigenvalue weighted by molar-refractivity contribution is -0.159. The number of rotatable bonds is 7. The van der Waals surface area contributed by atoms with E-state index in [4.69, 9.17) is 29.3 Å². The van der Waals surface area contributed by atoms with Crippen LogP contribution in [0.4, 0.5) is 5.95 Å². The van der Waals surface area contributed by atoms with Gasteiger partial charge in [0.2, 0.25) is 5.95 Å². The van der Waals surface area contributed by atoms with E-state index < -0.39 is 11.9 Å². The van der Waals surface area contributed by atoms with Crippen molar-refractivity contribution >= 4 is 17.9 Å². The third-order valence-electron chi connectivity index (χ3n) is 5.38. The van der Waals surface area contributed by atoms with E-state index in [-0.39, 0.29) is 0 Å². The summed E-state index contributed by atoms with van der Waals surface area (Å²) in [6.07, 6.45) is 1.89. The number of carbonyl (C=O) groups is 2. The van der Waals surface area contributed by atoms with E-state index in [0.717, 1.165) is 34.3 Å². The molecule has 0 aliphatic heterocycles. The van der Waals surface area contributed by atoms with E-state index in [1.54, 1.807) is 14.2 Å². The van der Waals surface area contributed by atoms with Gasteiger partial charge in [-0.3, -0.25) is 0 Å². The Morgan fingerprint density at radius 3 is 2.03 bits per heavy atom. The number of carboxylic acid groups (broad SMARTS) is 2. The third kappa shape index (κ3) is 6.20. The van der Waals surface area contributed by atoms with Gasteiger partial charge in [0.15, 0.2) is 11.5 Å². The first-order chi connectivity index (χ1) is 17.3. The molecule has 0 bridgehead atoms. The molecule has 0 aliphatic carbocycles. The van der Waals surface area contributed by atoms with Crippen LogP contribution in [0.5, 0.6) is 11.5 Å². The van der Waals surface area contributed by atoms with E-state index >= 15 is 0 Å². The fraction of sp³-hybridized carbons (Fsp3) is 0.148. The quantitative estimate of drug-likeness (QED) is 0.324. The molecular formula is C27H27N3O6. The Balaban J connectivity index is 0.000000538. The second-order valence-corrected chi connectivity index (χ2v) is 7.59. The lowest BCUT2D eigenvalue weighted by atomic mass is 10.0. The van der Waals surface area contributed by atoms with Crippen LogP contribution in [-0.4, -0.2) is 45.9 Å². The van der Waals surface area contributed by atoms with Gasteiger partial charge in [-0.05, 0) is 22.8 Å². The number of hydrogen-bond acceptors (Lipinski definition) is 6. The zero-order chi connectivity index (χ0) is 26.1. The molecule has 3 N–H and O–H groups in total. The summed E-state index contributed by atoms with van der Waals surface area (Å²) in [5.74, 6) is -1.40. The molecule has 4 aromatic rings. The van der Waals surface area contributed by atoms with Crippen LogP contribution in [0, 0.1) is 0 Å². The van der Waals surface area contributed by atoms with Gasteiger partial charge in [-0.2, -0.15) is 0 Å². The minimum atomic E-state index is -1.82. The number of methoxy groups -OCH3 is 2. The predicted molar refractivity (Wildman–Crippen MR) is 136 cm³/mol. The van der Waals surface area contributed by atoms with E-state index in [1.807, 2.05) is 37.5 Å². The highest BCUT2D eigenvalue weighted by molar-refractivity contribution is 6.27. The molecule has 0 amide bonds. The highest BCUT2D eigenvalue weighted by Crippen LogP contribution is 2.31. The van der Waals surface area contributed by atoms with Crippen molar-refractivity contribution in [2.45, 2.75) is 6.54 Å². The molecular weight excluding hydrogens is 462 g/mol. The van der Waals surface area contributed by atoms with Crippen LogP contribution in [0.3, 0.4) is 0 Å². The van der Waals surface area contributed by atoms with Crippen LogP contribution in [0.25, 0.3) is 22.4 Å². The van der Waals surface area contributed by atoms with Crippen molar-refractivity contribution in [1.29, 1.82) is 0 Å². The maximum absolute atomic E-state index is 9.10. The first-order valence-corrected chi connectivity index (χ1v) is 10.9. The zero-order valence-corrected chi connectivity index (χ0v) is 20.1.